The van der Waals surface area contributed by atoms with Crippen LogP contribution in [0.25, 0.3) is 0 Å². The lowest BCUT2D eigenvalue weighted by molar-refractivity contribution is -0.101. The van der Waals surface area contributed by atoms with Gasteiger partial charge in [-0.15, -0.1) is 0 Å². The zero-order valence-electron chi connectivity index (χ0n) is 16.1. The third-order valence-electron chi connectivity index (χ3n) is 5.07. The van der Waals surface area contributed by atoms with Crippen LogP contribution in [0.4, 0.5) is 0 Å². The summed E-state index contributed by atoms with van der Waals surface area (Å²) < 4.78 is 10.9. The van der Waals surface area contributed by atoms with Crippen molar-refractivity contribution >= 4 is 0 Å². The maximum Gasteiger partial charge on any atom is 0.114 e. The van der Waals surface area contributed by atoms with Crippen LogP contribution in [0.15, 0.2) is 0 Å². The second-order valence-electron chi connectivity index (χ2n) is 7.34. The molecule has 5 nitrogen and oxygen atoms in total. The van der Waals surface area contributed by atoms with Crippen LogP contribution >= 0.6 is 0 Å². The zero-order chi connectivity index (χ0) is 18.3. The highest BCUT2D eigenvalue weighted by Gasteiger charge is 2.40. The van der Waals surface area contributed by atoms with Crippen molar-refractivity contribution in [3.63, 3.8) is 0 Å². The highest BCUT2D eigenvalue weighted by Crippen LogP contribution is 2.20. The molecule has 0 aromatic heterocycles. The smallest absolute Gasteiger partial charge is 0.114 e. The molecule has 1 saturated heterocycles. The third kappa shape index (κ3) is 9.90. The molecule has 4 atom stereocenters. The Balaban J connectivity index is 1.89. The first kappa shape index (κ1) is 22.8. The van der Waals surface area contributed by atoms with Gasteiger partial charge < -0.3 is 24.8 Å². The summed E-state index contributed by atoms with van der Waals surface area (Å²) in [6.45, 7) is 2.72. The van der Waals surface area contributed by atoms with Gasteiger partial charge in [0.15, 0.2) is 0 Å². The Morgan fingerprint density at radius 2 is 1.40 bits per heavy atom. The molecule has 1 aliphatic heterocycles. The Morgan fingerprint density at radius 3 is 1.84 bits per heavy atom. The van der Waals surface area contributed by atoms with Gasteiger partial charge in [-0.05, 0) is 6.42 Å². The van der Waals surface area contributed by atoms with E-state index >= 15 is 0 Å². The highest BCUT2D eigenvalue weighted by molar-refractivity contribution is 4.88. The van der Waals surface area contributed by atoms with Gasteiger partial charge in [0.2, 0.25) is 0 Å². The van der Waals surface area contributed by atoms with Gasteiger partial charge in [0.05, 0.1) is 13.2 Å². The Kier molecular flexibility index (Phi) is 13.6. The van der Waals surface area contributed by atoms with Crippen molar-refractivity contribution in [2.24, 2.45) is 0 Å². The van der Waals surface area contributed by atoms with E-state index in [0.29, 0.717) is 6.61 Å². The van der Waals surface area contributed by atoms with E-state index in [1.807, 2.05) is 0 Å². The number of ether oxygens (including phenoxy) is 2. The largest absolute Gasteiger partial charge is 0.394 e. The number of rotatable bonds is 16. The van der Waals surface area contributed by atoms with Crippen molar-refractivity contribution in [2.75, 3.05) is 19.8 Å². The molecule has 1 aliphatic rings. The molecule has 150 valence electrons. The number of hydrogen-bond acceptors (Lipinski definition) is 5. The van der Waals surface area contributed by atoms with E-state index < -0.39 is 24.4 Å². The summed E-state index contributed by atoms with van der Waals surface area (Å²) in [6, 6.07) is 0. The summed E-state index contributed by atoms with van der Waals surface area (Å²) in [5, 5.41) is 28.7. The van der Waals surface area contributed by atoms with Gasteiger partial charge in [-0.1, -0.05) is 77.6 Å². The van der Waals surface area contributed by atoms with Crippen LogP contribution in [0.3, 0.4) is 0 Å². The number of unbranched alkanes of at least 4 members (excludes halogenated alkanes) is 11. The fourth-order valence-corrected chi connectivity index (χ4v) is 3.38. The second-order valence-corrected chi connectivity index (χ2v) is 7.34. The monoisotopic (exact) mass is 360 g/mol. The first-order chi connectivity index (χ1) is 12.2. The lowest BCUT2D eigenvalue weighted by Gasteiger charge is -2.24. The van der Waals surface area contributed by atoms with Crippen molar-refractivity contribution < 1.29 is 24.8 Å². The molecule has 0 aliphatic carbocycles. The maximum absolute atomic E-state index is 9.80. The molecular formula is C20H40O5. The van der Waals surface area contributed by atoms with Crippen LogP contribution in [-0.4, -0.2) is 59.6 Å². The molecule has 1 fully saturated rings. The molecule has 5 heteroatoms. The lowest BCUT2D eigenvalue weighted by atomic mass is 10.1. The fraction of sp³-hybridized carbons (Fsp3) is 1.00. The van der Waals surface area contributed by atoms with Crippen LogP contribution in [0.2, 0.25) is 0 Å². The zero-order valence-corrected chi connectivity index (χ0v) is 16.1. The van der Waals surface area contributed by atoms with Gasteiger partial charge in [-0.3, -0.25) is 0 Å². The maximum atomic E-state index is 9.80. The summed E-state index contributed by atoms with van der Waals surface area (Å²) in [5.41, 5.74) is 0. The standard InChI is InChI=1S/C20H40O5/c1-2-3-4-5-6-7-8-9-10-11-12-13-14-24-18(15-21)20-19(23)17(22)16-25-20/h17-23H,2-16H2,1H3/t17-,18+,19-,20-/m0/s1. The summed E-state index contributed by atoms with van der Waals surface area (Å²) in [7, 11) is 0. The second kappa shape index (κ2) is 14.9. The Bertz CT molecular complexity index is 300. The minimum atomic E-state index is -0.973. The molecule has 0 unspecified atom stereocenters. The minimum absolute atomic E-state index is 0.101. The van der Waals surface area contributed by atoms with Crippen molar-refractivity contribution in [2.45, 2.75) is 108 Å². The van der Waals surface area contributed by atoms with E-state index in [4.69, 9.17) is 9.47 Å². The molecule has 3 N–H and O–H groups in total. The van der Waals surface area contributed by atoms with Crippen molar-refractivity contribution in [1.82, 2.24) is 0 Å². The van der Waals surface area contributed by atoms with E-state index in [-0.39, 0.29) is 13.2 Å². The van der Waals surface area contributed by atoms with E-state index in [1.165, 1.54) is 64.2 Å². The van der Waals surface area contributed by atoms with Crippen molar-refractivity contribution in [1.29, 1.82) is 0 Å². The third-order valence-corrected chi connectivity index (χ3v) is 5.07. The summed E-state index contributed by atoms with van der Waals surface area (Å²) in [6.07, 6.45) is 12.5. The van der Waals surface area contributed by atoms with E-state index in [1.54, 1.807) is 0 Å². The Hall–Kier alpha value is -0.200. The molecule has 25 heavy (non-hydrogen) atoms. The molecule has 0 spiro atoms. The molecule has 0 radical (unpaired) electrons. The topological polar surface area (TPSA) is 79.2 Å². The van der Waals surface area contributed by atoms with Crippen LogP contribution < -0.4 is 0 Å². The van der Waals surface area contributed by atoms with E-state index in [9.17, 15) is 15.3 Å². The van der Waals surface area contributed by atoms with Gasteiger partial charge in [-0.2, -0.15) is 0 Å². The molecule has 0 amide bonds. The highest BCUT2D eigenvalue weighted by atomic mass is 16.6. The number of hydrogen-bond donors (Lipinski definition) is 3. The number of aliphatic hydroxyl groups is 3. The molecule has 0 saturated carbocycles. The van der Waals surface area contributed by atoms with Crippen LogP contribution in [0.5, 0.6) is 0 Å². The molecule has 0 aromatic carbocycles. The van der Waals surface area contributed by atoms with Gasteiger partial charge >= 0.3 is 0 Å². The molecule has 1 heterocycles. The predicted molar refractivity (Wildman–Crippen MR) is 99.7 cm³/mol. The first-order valence-electron chi connectivity index (χ1n) is 10.4. The van der Waals surface area contributed by atoms with Crippen molar-refractivity contribution in [3.05, 3.63) is 0 Å². The SMILES string of the molecule is CCCCCCCCCCCCCCO[C@H](CO)[C@@H]1OC[C@H](O)[C@@H]1O. The molecule has 0 bridgehead atoms. The van der Waals surface area contributed by atoms with Crippen LogP contribution in [-0.2, 0) is 9.47 Å². The minimum Gasteiger partial charge on any atom is -0.394 e. The first-order valence-corrected chi connectivity index (χ1v) is 10.4. The van der Waals surface area contributed by atoms with Gasteiger partial charge in [-0.25, -0.2) is 0 Å². The normalized spacial score (nSPS) is 24.7. The van der Waals surface area contributed by atoms with Gasteiger partial charge in [0.25, 0.3) is 0 Å². The average molecular weight is 361 g/mol. The van der Waals surface area contributed by atoms with E-state index in [2.05, 4.69) is 6.92 Å². The molecular weight excluding hydrogens is 320 g/mol. The Morgan fingerprint density at radius 1 is 0.880 bits per heavy atom. The predicted octanol–water partition coefficient (Wildman–Crippen LogP) is 3.19. The van der Waals surface area contributed by atoms with Crippen molar-refractivity contribution in [3.8, 4) is 0 Å². The van der Waals surface area contributed by atoms with Gasteiger partial charge in [0.1, 0.15) is 24.4 Å². The van der Waals surface area contributed by atoms with Crippen LogP contribution in [0, 0.1) is 0 Å². The molecule has 0 aromatic rings. The lowest BCUT2D eigenvalue weighted by Crippen LogP contribution is -2.42. The Labute approximate surface area is 153 Å². The summed E-state index contributed by atoms with van der Waals surface area (Å²) in [5.74, 6) is 0. The fourth-order valence-electron chi connectivity index (χ4n) is 3.38. The van der Waals surface area contributed by atoms with E-state index in [0.717, 1.165) is 12.8 Å². The average Bonchev–Trinajstić information content (AvgIpc) is 2.95. The quantitative estimate of drug-likeness (QED) is 0.368. The van der Waals surface area contributed by atoms with Crippen LogP contribution in [0.1, 0.15) is 84.0 Å². The summed E-state index contributed by atoms with van der Waals surface area (Å²) in [4.78, 5) is 0. The summed E-state index contributed by atoms with van der Waals surface area (Å²) >= 11 is 0. The molecule has 1 rings (SSSR count). The number of aliphatic hydroxyl groups excluding tert-OH is 3. The van der Waals surface area contributed by atoms with Gasteiger partial charge in [0, 0.05) is 6.61 Å².